The summed E-state index contributed by atoms with van der Waals surface area (Å²) in [6.07, 6.45) is 0. The average Bonchev–Trinajstić information content (AvgIpc) is 2.37. The van der Waals surface area contributed by atoms with Crippen molar-refractivity contribution in [3.05, 3.63) is 11.3 Å². The van der Waals surface area contributed by atoms with E-state index in [1.165, 1.54) is 5.57 Å². The molecule has 4 nitrogen and oxygen atoms in total. The van der Waals surface area contributed by atoms with Crippen molar-refractivity contribution in [2.45, 2.75) is 6.92 Å². The van der Waals surface area contributed by atoms with Crippen LogP contribution in [-0.4, -0.2) is 26.2 Å². The fourth-order valence-corrected chi connectivity index (χ4v) is 0.983. The summed E-state index contributed by atoms with van der Waals surface area (Å²) in [6, 6.07) is -0.150. The van der Waals surface area contributed by atoms with Crippen LogP contribution in [0.2, 0.25) is 0 Å². The fourth-order valence-electron chi connectivity index (χ4n) is 0.983. The van der Waals surface area contributed by atoms with E-state index in [1.54, 1.807) is 7.05 Å². The molecule has 2 amide bonds. The first-order valence-electron chi connectivity index (χ1n) is 3.62. The number of hydrogen-bond acceptors (Lipinski definition) is 2. The highest BCUT2D eigenvalue weighted by atomic mass is 16.2. The molecule has 0 bridgehead atoms. The molecule has 1 heterocycles. The summed E-state index contributed by atoms with van der Waals surface area (Å²) in [4.78, 5) is 10.8. The molecular weight excluding hydrogens is 142 g/mol. The second kappa shape index (κ2) is 3.39. The van der Waals surface area contributed by atoms with Gasteiger partial charge >= 0.3 is 6.03 Å². The molecule has 0 aliphatic carbocycles. The van der Waals surface area contributed by atoms with Crippen molar-refractivity contribution < 1.29 is 4.79 Å². The molecule has 0 unspecified atom stereocenters. The summed E-state index contributed by atoms with van der Waals surface area (Å²) in [5.74, 6) is 0. The monoisotopic (exact) mass is 155 g/mol. The van der Waals surface area contributed by atoms with Gasteiger partial charge in [-0.1, -0.05) is 0 Å². The summed E-state index contributed by atoms with van der Waals surface area (Å²) in [5.41, 5.74) is 2.19. The van der Waals surface area contributed by atoms with Crippen LogP contribution >= 0.6 is 0 Å². The van der Waals surface area contributed by atoms with Crippen LogP contribution < -0.4 is 16.0 Å². The van der Waals surface area contributed by atoms with E-state index in [-0.39, 0.29) is 6.03 Å². The van der Waals surface area contributed by atoms with Crippen molar-refractivity contribution in [3.63, 3.8) is 0 Å². The quantitative estimate of drug-likeness (QED) is 0.491. The maximum Gasteiger partial charge on any atom is 0.318 e. The van der Waals surface area contributed by atoms with Gasteiger partial charge in [-0.05, 0) is 12.5 Å². The summed E-state index contributed by atoms with van der Waals surface area (Å²) in [5, 5.41) is 8.38. The Hall–Kier alpha value is -1.03. The van der Waals surface area contributed by atoms with Crippen LogP contribution in [0.25, 0.3) is 0 Å². The minimum Gasteiger partial charge on any atom is -0.341 e. The van der Waals surface area contributed by atoms with Gasteiger partial charge in [0, 0.05) is 25.8 Å². The Morgan fingerprint density at radius 1 is 1.55 bits per heavy atom. The maximum absolute atomic E-state index is 10.8. The van der Waals surface area contributed by atoms with E-state index in [4.69, 9.17) is 0 Å². The van der Waals surface area contributed by atoms with Crippen LogP contribution in [0, 0.1) is 0 Å². The van der Waals surface area contributed by atoms with Gasteiger partial charge in [-0.15, -0.1) is 0 Å². The van der Waals surface area contributed by atoms with Crippen LogP contribution in [-0.2, 0) is 0 Å². The van der Waals surface area contributed by atoms with E-state index in [0.717, 1.165) is 18.8 Å². The van der Waals surface area contributed by atoms with Gasteiger partial charge < -0.3 is 16.0 Å². The molecule has 3 N–H and O–H groups in total. The molecule has 0 aromatic carbocycles. The van der Waals surface area contributed by atoms with Crippen LogP contribution in [0.15, 0.2) is 11.3 Å². The predicted molar refractivity (Wildman–Crippen MR) is 43.2 cm³/mol. The van der Waals surface area contributed by atoms with Crippen LogP contribution in [0.4, 0.5) is 4.79 Å². The molecule has 0 saturated heterocycles. The Balaban J connectivity index is 2.48. The van der Waals surface area contributed by atoms with Gasteiger partial charge in [-0.2, -0.15) is 0 Å². The van der Waals surface area contributed by atoms with E-state index in [0.29, 0.717) is 0 Å². The van der Waals surface area contributed by atoms with Crippen molar-refractivity contribution >= 4 is 6.03 Å². The smallest absolute Gasteiger partial charge is 0.318 e. The van der Waals surface area contributed by atoms with Crippen LogP contribution in [0.1, 0.15) is 6.92 Å². The second-order valence-electron chi connectivity index (χ2n) is 2.57. The molecule has 11 heavy (non-hydrogen) atoms. The third kappa shape index (κ3) is 1.94. The van der Waals surface area contributed by atoms with Gasteiger partial charge in [-0.3, -0.25) is 0 Å². The Kier molecular flexibility index (Phi) is 2.48. The minimum absolute atomic E-state index is 0.150. The molecule has 0 atom stereocenters. The van der Waals surface area contributed by atoms with Crippen molar-refractivity contribution in [2.24, 2.45) is 0 Å². The lowest BCUT2D eigenvalue weighted by Gasteiger charge is -2.04. The second-order valence-corrected chi connectivity index (χ2v) is 2.57. The first-order chi connectivity index (χ1) is 5.24. The fraction of sp³-hybridized carbons (Fsp3) is 0.571. The number of carbonyl (C=O) groups excluding carboxylic acids is 1. The molecule has 0 aromatic heterocycles. The molecule has 4 heteroatoms. The standard InChI is InChI=1S/C7H13N3O/c1-5-3-9-4-6(5)10-7(11)8-2/h9H,3-4H2,1-2H3,(H2,8,10,11). The van der Waals surface area contributed by atoms with E-state index < -0.39 is 0 Å². The van der Waals surface area contributed by atoms with Gasteiger partial charge in [0.2, 0.25) is 0 Å². The zero-order chi connectivity index (χ0) is 8.27. The lowest BCUT2D eigenvalue weighted by atomic mass is 10.3. The molecule has 62 valence electrons. The Morgan fingerprint density at radius 3 is 2.73 bits per heavy atom. The molecule has 1 rings (SSSR count). The number of carbonyl (C=O) groups is 1. The Labute approximate surface area is 66.0 Å². The van der Waals surface area contributed by atoms with Crippen molar-refractivity contribution in [2.75, 3.05) is 20.1 Å². The SMILES string of the molecule is CNC(=O)NC1=C(C)CNC1. The van der Waals surface area contributed by atoms with Crippen molar-refractivity contribution in [1.29, 1.82) is 0 Å². The minimum atomic E-state index is -0.150. The van der Waals surface area contributed by atoms with Crippen LogP contribution in [0.5, 0.6) is 0 Å². The van der Waals surface area contributed by atoms with Gasteiger partial charge in [-0.25, -0.2) is 4.79 Å². The molecule has 1 aliphatic rings. The topological polar surface area (TPSA) is 53.2 Å². The lowest BCUT2D eigenvalue weighted by Crippen LogP contribution is -2.33. The summed E-state index contributed by atoms with van der Waals surface area (Å²) >= 11 is 0. The van der Waals surface area contributed by atoms with Gasteiger partial charge in [0.15, 0.2) is 0 Å². The number of rotatable bonds is 1. The number of nitrogens with one attached hydrogen (secondary N) is 3. The van der Waals surface area contributed by atoms with Crippen molar-refractivity contribution in [1.82, 2.24) is 16.0 Å². The summed E-state index contributed by atoms with van der Waals surface area (Å²) in [7, 11) is 1.60. The largest absolute Gasteiger partial charge is 0.341 e. The Morgan fingerprint density at radius 2 is 2.27 bits per heavy atom. The first-order valence-corrected chi connectivity index (χ1v) is 3.62. The van der Waals surface area contributed by atoms with Gasteiger partial charge in [0.05, 0.1) is 0 Å². The van der Waals surface area contributed by atoms with E-state index in [9.17, 15) is 4.79 Å². The highest BCUT2D eigenvalue weighted by Crippen LogP contribution is 2.04. The molecule has 0 fully saturated rings. The van der Waals surface area contributed by atoms with E-state index in [1.807, 2.05) is 6.92 Å². The van der Waals surface area contributed by atoms with Gasteiger partial charge in [0.25, 0.3) is 0 Å². The number of amides is 2. The normalized spacial score (nSPS) is 16.9. The molecule has 0 saturated carbocycles. The predicted octanol–water partition coefficient (Wildman–Crippen LogP) is -0.207. The number of urea groups is 1. The third-order valence-electron chi connectivity index (χ3n) is 1.70. The zero-order valence-electron chi connectivity index (χ0n) is 6.82. The highest BCUT2D eigenvalue weighted by Gasteiger charge is 2.10. The van der Waals surface area contributed by atoms with Gasteiger partial charge in [0.1, 0.15) is 0 Å². The average molecular weight is 155 g/mol. The highest BCUT2D eigenvalue weighted by molar-refractivity contribution is 5.75. The summed E-state index contributed by atoms with van der Waals surface area (Å²) < 4.78 is 0. The first kappa shape index (κ1) is 8.07. The van der Waals surface area contributed by atoms with E-state index >= 15 is 0 Å². The third-order valence-corrected chi connectivity index (χ3v) is 1.70. The molecule has 0 radical (unpaired) electrons. The van der Waals surface area contributed by atoms with Crippen LogP contribution in [0.3, 0.4) is 0 Å². The molecule has 0 aromatic rings. The molecule has 1 aliphatic heterocycles. The summed E-state index contributed by atoms with van der Waals surface area (Å²) in [6.45, 7) is 3.64. The lowest BCUT2D eigenvalue weighted by molar-refractivity contribution is 0.245. The number of hydrogen-bond donors (Lipinski definition) is 3. The zero-order valence-corrected chi connectivity index (χ0v) is 6.82. The Bertz CT molecular complexity index is 198. The molecular formula is C7H13N3O. The van der Waals surface area contributed by atoms with E-state index in [2.05, 4.69) is 16.0 Å². The maximum atomic E-state index is 10.8. The molecule has 0 spiro atoms. The van der Waals surface area contributed by atoms with Crippen molar-refractivity contribution in [3.8, 4) is 0 Å².